The summed E-state index contributed by atoms with van der Waals surface area (Å²) in [4.78, 5) is 14.9. The van der Waals surface area contributed by atoms with E-state index in [9.17, 15) is 4.79 Å². The molecule has 6 heteroatoms. The molecular formula is C6H16N4O2. The summed E-state index contributed by atoms with van der Waals surface area (Å²) in [7, 11) is 6.00. The number of carboxylic acids is 1. The Balaban J connectivity index is 0. The summed E-state index contributed by atoms with van der Waals surface area (Å²) in [6, 6.07) is 0. The second kappa shape index (κ2) is 7.80. The molecule has 72 valence electrons. The maximum atomic E-state index is 9.69. The molecule has 0 heterocycles. The second-order valence-electron chi connectivity index (χ2n) is 2.48. The Morgan fingerprint density at radius 1 is 1.42 bits per heavy atom. The lowest BCUT2D eigenvalue weighted by Crippen LogP contribution is -2.24. The van der Waals surface area contributed by atoms with Crippen LogP contribution in [0, 0.1) is 0 Å². The van der Waals surface area contributed by atoms with Gasteiger partial charge in [0.05, 0.1) is 0 Å². The van der Waals surface area contributed by atoms with E-state index in [-0.39, 0.29) is 12.5 Å². The van der Waals surface area contributed by atoms with Crippen molar-refractivity contribution >= 4 is 11.9 Å². The molecule has 0 saturated heterocycles. The van der Waals surface area contributed by atoms with Crippen molar-refractivity contribution in [3.63, 3.8) is 0 Å². The van der Waals surface area contributed by atoms with Crippen LogP contribution in [0.5, 0.6) is 0 Å². The monoisotopic (exact) mass is 176 g/mol. The summed E-state index contributed by atoms with van der Waals surface area (Å²) in [5, 5.41) is 7.94. The molecule has 0 aromatic rings. The predicted molar refractivity (Wildman–Crippen MR) is 47.9 cm³/mol. The van der Waals surface area contributed by atoms with Crippen LogP contribution in [0.1, 0.15) is 0 Å². The third-order valence-electron chi connectivity index (χ3n) is 0.397. The zero-order valence-corrected chi connectivity index (χ0v) is 7.61. The second-order valence-corrected chi connectivity index (χ2v) is 2.48. The molecule has 5 N–H and O–H groups in total. The van der Waals surface area contributed by atoms with Gasteiger partial charge < -0.3 is 21.5 Å². The Morgan fingerprint density at radius 2 is 1.75 bits per heavy atom. The molecule has 0 aliphatic rings. The highest BCUT2D eigenvalue weighted by Crippen LogP contribution is 1.65. The fraction of sp³-hybridized carbons (Fsp3) is 0.667. The van der Waals surface area contributed by atoms with Crippen molar-refractivity contribution in [2.75, 3.05) is 27.7 Å². The summed E-state index contributed by atoms with van der Waals surface area (Å²) in [6.07, 6.45) is 0. The molecule has 0 aromatic heterocycles. The third kappa shape index (κ3) is 37.7. The zero-order valence-electron chi connectivity index (χ0n) is 7.61. The average molecular weight is 176 g/mol. The van der Waals surface area contributed by atoms with E-state index in [1.807, 2.05) is 26.0 Å². The largest absolute Gasteiger partial charge is 0.480 e. The van der Waals surface area contributed by atoms with Gasteiger partial charge in [-0.3, -0.25) is 4.79 Å². The van der Waals surface area contributed by atoms with E-state index in [1.54, 1.807) is 0 Å². The molecule has 0 rings (SSSR count). The highest BCUT2D eigenvalue weighted by atomic mass is 16.4. The van der Waals surface area contributed by atoms with Gasteiger partial charge in [0, 0.05) is 0 Å². The van der Waals surface area contributed by atoms with Gasteiger partial charge in [0.2, 0.25) is 0 Å². The van der Waals surface area contributed by atoms with Gasteiger partial charge in [0.1, 0.15) is 6.54 Å². The Labute approximate surface area is 71.9 Å². The summed E-state index contributed by atoms with van der Waals surface area (Å²) in [5.41, 5.74) is 9.61. The van der Waals surface area contributed by atoms with Gasteiger partial charge in [-0.15, -0.1) is 0 Å². The molecule has 0 aliphatic carbocycles. The van der Waals surface area contributed by atoms with Gasteiger partial charge >= 0.3 is 5.97 Å². The minimum absolute atomic E-state index is 0.201. The number of aliphatic imine (C=N–C) groups is 1. The lowest BCUT2D eigenvalue weighted by atomic mass is 10.7. The Bertz CT molecular complexity index is 149. The number of rotatable bonds is 2. The molecule has 0 aromatic carbocycles. The van der Waals surface area contributed by atoms with Crippen LogP contribution in [0.4, 0.5) is 0 Å². The Hall–Kier alpha value is -1.30. The number of hydrogen-bond donors (Lipinski definition) is 3. The van der Waals surface area contributed by atoms with Crippen LogP contribution in [-0.2, 0) is 4.79 Å². The molecule has 12 heavy (non-hydrogen) atoms. The zero-order chi connectivity index (χ0) is 10.1. The highest BCUT2D eigenvalue weighted by Gasteiger charge is 1.90. The first-order valence-electron chi connectivity index (χ1n) is 3.24. The number of guanidine groups is 1. The quantitative estimate of drug-likeness (QED) is 0.351. The number of nitrogens with two attached hydrogens (primary N) is 2. The van der Waals surface area contributed by atoms with Crippen molar-refractivity contribution in [2.45, 2.75) is 0 Å². The molecule has 0 bridgehead atoms. The van der Waals surface area contributed by atoms with Crippen molar-refractivity contribution in [2.24, 2.45) is 16.5 Å². The molecule has 0 saturated carbocycles. The first kappa shape index (κ1) is 13.3. The van der Waals surface area contributed by atoms with Crippen molar-refractivity contribution in [1.82, 2.24) is 4.90 Å². The fourth-order valence-corrected chi connectivity index (χ4v) is 0.159. The Kier molecular flexibility index (Phi) is 8.65. The summed E-state index contributed by atoms with van der Waals surface area (Å²) < 4.78 is 0. The van der Waals surface area contributed by atoms with Gasteiger partial charge in [-0.25, -0.2) is 4.99 Å². The van der Waals surface area contributed by atoms with E-state index in [0.29, 0.717) is 0 Å². The van der Waals surface area contributed by atoms with Gasteiger partial charge in [0.25, 0.3) is 0 Å². The van der Waals surface area contributed by atoms with Crippen LogP contribution in [0.25, 0.3) is 0 Å². The standard InChI is InChI=1S/C3H7N3O2.C3H9N/c4-3(5)6-1-2(7)8;1-4(2)3/h1H2,(H,7,8)(H4,4,5,6);1-3H3. The number of carbonyl (C=O) groups is 1. The predicted octanol–water partition coefficient (Wildman–Crippen LogP) is -1.48. The van der Waals surface area contributed by atoms with Crippen LogP contribution in [0.15, 0.2) is 4.99 Å². The maximum absolute atomic E-state index is 9.69. The minimum Gasteiger partial charge on any atom is -0.480 e. The first-order chi connectivity index (χ1) is 5.36. The third-order valence-corrected chi connectivity index (χ3v) is 0.397. The molecule has 0 radical (unpaired) electrons. The minimum atomic E-state index is -1.04. The van der Waals surface area contributed by atoms with E-state index in [2.05, 4.69) is 4.99 Å². The molecule has 0 aliphatic heterocycles. The van der Waals surface area contributed by atoms with Crippen LogP contribution >= 0.6 is 0 Å². The molecule has 0 unspecified atom stereocenters. The molecule has 6 nitrogen and oxygen atoms in total. The average Bonchev–Trinajstić information content (AvgIpc) is 1.82. The molecule has 0 atom stereocenters. The molecule has 0 fully saturated rings. The van der Waals surface area contributed by atoms with Crippen LogP contribution in [-0.4, -0.2) is 49.6 Å². The number of carboxylic acid groups (broad SMARTS) is 1. The van der Waals surface area contributed by atoms with E-state index in [4.69, 9.17) is 16.6 Å². The topological polar surface area (TPSA) is 105 Å². The Morgan fingerprint density at radius 3 is 1.83 bits per heavy atom. The van der Waals surface area contributed by atoms with E-state index in [0.717, 1.165) is 0 Å². The van der Waals surface area contributed by atoms with Crippen molar-refractivity contribution in [3.05, 3.63) is 0 Å². The lowest BCUT2D eigenvalue weighted by Gasteiger charge is -1.90. The van der Waals surface area contributed by atoms with Gasteiger partial charge in [0.15, 0.2) is 5.96 Å². The van der Waals surface area contributed by atoms with Crippen molar-refractivity contribution in [1.29, 1.82) is 0 Å². The van der Waals surface area contributed by atoms with Gasteiger partial charge in [-0.2, -0.15) is 0 Å². The first-order valence-corrected chi connectivity index (χ1v) is 3.24. The summed E-state index contributed by atoms with van der Waals surface area (Å²) >= 11 is 0. The van der Waals surface area contributed by atoms with Crippen LogP contribution in [0.2, 0.25) is 0 Å². The SMILES string of the molecule is CN(C)C.NC(N)=NCC(=O)O. The van der Waals surface area contributed by atoms with Gasteiger partial charge in [-0.05, 0) is 21.1 Å². The van der Waals surface area contributed by atoms with Crippen molar-refractivity contribution in [3.8, 4) is 0 Å². The highest BCUT2D eigenvalue weighted by molar-refractivity contribution is 5.79. The lowest BCUT2D eigenvalue weighted by molar-refractivity contribution is -0.135. The number of aliphatic carboxylic acids is 1. The maximum Gasteiger partial charge on any atom is 0.325 e. The van der Waals surface area contributed by atoms with Crippen molar-refractivity contribution < 1.29 is 9.90 Å². The fourth-order valence-electron chi connectivity index (χ4n) is 0.159. The molecule has 0 amide bonds. The number of nitrogens with zero attached hydrogens (tertiary/aromatic N) is 2. The normalized spacial score (nSPS) is 8.33. The van der Waals surface area contributed by atoms with E-state index < -0.39 is 5.97 Å². The number of hydrogen-bond acceptors (Lipinski definition) is 3. The van der Waals surface area contributed by atoms with Gasteiger partial charge in [-0.1, -0.05) is 0 Å². The van der Waals surface area contributed by atoms with Crippen LogP contribution < -0.4 is 11.5 Å². The van der Waals surface area contributed by atoms with Crippen LogP contribution in [0.3, 0.4) is 0 Å². The molecule has 0 spiro atoms. The van der Waals surface area contributed by atoms with E-state index in [1.165, 1.54) is 0 Å². The molecular weight excluding hydrogens is 160 g/mol. The van der Waals surface area contributed by atoms with E-state index >= 15 is 0 Å². The summed E-state index contributed by atoms with van der Waals surface area (Å²) in [5.74, 6) is -1.24. The summed E-state index contributed by atoms with van der Waals surface area (Å²) in [6.45, 7) is -0.359. The smallest absolute Gasteiger partial charge is 0.325 e.